The lowest BCUT2D eigenvalue weighted by atomic mass is 10.1. The molecule has 0 unspecified atom stereocenters. The van der Waals surface area contributed by atoms with Gasteiger partial charge in [-0.2, -0.15) is 31.1 Å². The van der Waals surface area contributed by atoms with Crippen LogP contribution in [0.3, 0.4) is 0 Å². The van der Waals surface area contributed by atoms with Crippen LogP contribution in [0.4, 0.5) is 36.4 Å². The van der Waals surface area contributed by atoms with Crippen molar-refractivity contribution in [3.63, 3.8) is 0 Å². The van der Waals surface area contributed by atoms with Crippen molar-refractivity contribution in [1.29, 1.82) is 0 Å². The van der Waals surface area contributed by atoms with Gasteiger partial charge in [-0.25, -0.2) is 12.8 Å². The number of carbonyl (C=O) groups is 1. The molecule has 0 aliphatic rings. The standard InChI is InChI=1S/C16H14F7N3O3S/c1-8(15(18,19)20)25-30(28,29)10-6-13(26(2)7-10)14(27)24-9-3-4-12(17)11(5-9)16(21,22)23/h3-8,25H,1-2H3,(H,24,27)/t8-/m1/s1. The molecule has 0 saturated heterocycles. The molecule has 1 aromatic heterocycles. The van der Waals surface area contributed by atoms with E-state index in [9.17, 15) is 43.9 Å². The smallest absolute Gasteiger partial charge is 0.345 e. The number of aromatic nitrogens is 1. The van der Waals surface area contributed by atoms with Crippen molar-refractivity contribution in [3.05, 3.63) is 47.5 Å². The van der Waals surface area contributed by atoms with E-state index >= 15 is 0 Å². The molecular formula is C16H14F7N3O3S. The monoisotopic (exact) mass is 461 g/mol. The fourth-order valence-corrected chi connectivity index (χ4v) is 3.59. The zero-order chi connectivity index (χ0) is 23.1. The molecule has 0 aliphatic heterocycles. The van der Waals surface area contributed by atoms with Crippen molar-refractivity contribution in [3.8, 4) is 0 Å². The molecule has 1 aromatic carbocycles. The second-order valence-corrected chi connectivity index (χ2v) is 7.92. The molecule has 6 nitrogen and oxygen atoms in total. The summed E-state index contributed by atoms with van der Waals surface area (Å²) >= 11 is 0. The molecule has 0 aliphatic carbocycles. The summed E-state index contributed by atoms with van der Waals surface area (Å²) < 4.78 is 116. The zero-order valence-corrected chi connectivity index (χ0v) is 16.0. The van der Waals surface area contributed by atoms with Gasteiger partial charge in [0.1, 0.15) is 22.4 Å². The summed E-state index contributed by atoms with van der Waals surface area (Å²) in [5, 5.41) is 2.05. The minimum Gasteiger partial charge on any atom is -0.345 e. The fraction of sp³-hybridized carbons (Fsp3) is 0.312. The fourth-order valence-electron chi connectivity index (χ4n) is 2.29. The minimum atomic E-state index is -5.02. The molecular weight excluding hydrogens is 447 g/mol. The lowest BCUT2D eigenvalue weighted by Crippen LogP contribution is -2.42. The van der Waals surface area contributed by atoms with Crippen LogP contribution in [0.2, 0.25) is 0 Å². The van der Waals surface area contributed by atoms with E-state index in [4.69, 9.17) is 0 Å². The summed E-state index contributed by atoms with van der Waals surface area (Å²) in [5.41, 5.74) is -2.43. The third kappa shape index (κ3) is 5.30. The van der Waals surface area contributed by atoms with Gasteiger partial charge < -0.3 is 9.88 Å². The van der Waals surface area contributed by atoms with E-state index in [1.54, 1.807) is 0 Å². The van der Waals surface area contributed by atoms with Gasteiger partial charge in [0.2, 0.25) is 10.0 Å². The number of amides is 1. The van der Waals surface area contributed by atoms with Crippen LogP contribution in [0.15, 0.2) is 35.4 Å². The minimum absolute atomic E-state index is 0.348. The lowest BCUT2D eigenvalue weighted by molar-refractivity contribution is -0.147. The average Bonchev–Trinajstić information content (AvgIpc) is 2.97. The summed E-state index contributed by atoms with van der Waals surface area (Å²) in [7, 11) is -3.45. The van der Waals surface area contributed by atoms with Crippen LogP contribution >= 0.6 is 0 Å². The maximum Gasteiger partial charge on any atom is 0.419 e. The predicted octanol–water partition coefficient (Wildman–Crippen LogP) is 3.66. The largest absolute Gasteiger partial charge is 0.419 e. The first-order valence-electron chi connectivity index (χ1n) is 7.96. The highest BCUT2D eigenvalue weighted by Crippen LogP contribution is 2.33. The molecule has 0 bridgehead atoms. The lowest BCUT2D eigenvalue weighted by Gasteiger charge is -2.16. The molecule has 0 fully saturated rings. The number of alkyl halides is 6. The van der Waals surface area contributed by atoms with Crippen LogP contribution in [0.25, 0.3) is 0 Å². The van der Waals surface area contributed by atoms with E-state index in [2.05, 4.69) is 0 Å². The van der Waals surface area contributed by atoms with Crippen LogP contribution in [-0.4, -0.2) is 31.1 Å². The normalized spacial score (nSPS) is 13.9. The van der Waals surface area contributed by atoms with Gasteiger partial charge in [-0.3, -0.25) is 4.79 Å². The highest BCUT2D eigenvalue weighted by atomic mass is 32.2. The second-order valence-electron chi connectivity index (χ2n) is 6.20. The quantitative estimate of drug-likeness (QED) is 0.667. The number of hydrogen-bond donors (Lipinski definition) is 2. The van der Waals surface area contributed by atoms with E-state index in [1.165, 1.54) is 11.8 Å². The summed E-state index contributed by atoms with van der Waals surface area (Å²) in [4.78, 5) is 11.6. The van der Waals surface area contributed by atoms with Crippen molar-refractivity contribution in [2.24, 2.45) is 7.05 Å². The third-order valence-corrected chi connectivity index (χ3v) is 5.38. The van der Waals surface area contributed by atoms with E-state index in [1.807, 2.05) is 5.32 Å². The Balaban J connectivity index is 2.28. The molecule has 166 valence electrons. The first-order valence-corrected chi connectivity index (χ1v) is 9.44. The number of nitrogens with one attached hydrogen (secondary N) is 2. The van der Waals surface area contributed by atoms with Gasteiger partial charge in [-0.05, 0) is 31.2 Å². The average molecular weight is 461 g/mol. The molecule has 2 aromatic rings. The number of nitrogens with zero attached hydrogens (tertiary/aromatic N) is 1. The SMILES string of the molecule is C[C@@H](NS(=O)(=O)c1cc(C(=O)Nc2ccc(F)c(C(F)(F)F)c2)n(C)c1)C(F)(F)F. The van der Waals surface area contributed by atoms with E-state index < -0.39 is 56.3 Å². The number of aryl methyl sites for hydroxylation is 1. The van der Waals surface area contributed by atoms with Crippen LogP contribution in [0.5, 0.6) is 0 Å². The Labute approximate surface area is 165 Å². The molecule has 0 saturated carbocycles. The maximum atomic E-state index is 13.3. The van der Waals surface area contributed by atoms with Gasteiger partial charge in [-0.1, -0.05) is 0 Å². The maximum absolute atomic E-state index is 13.3. The van der Waals surface area contributed by atoms with E-state index in [0.717, 1.165) is 22.9 Å². The first kappa shape index (κ1) is 23.7. The van der Waals surface area contributed by atoms with Crippen LogP contribution < -0.4 is 10.0 Å². The van der Waals surface area contributed by atoms with Crippen molar-refractivity contribution in [2.75, 3.05) is 5.32 Å². The zero-order valence-electron chi connectivity index (χ0n) is 15.2. The second kappa shape index (κ2) is 7.91. The summed E-state index contributed by atoms with van der Waals surface area (Å²) in [5.74, 6) is -2.62. The Morgan fingerprint density at radius 3 is 2.23 bits per heavy atom. The molecule has 30 heavy (non-hydrogen) atoms. The van der Waals surface area contributed by atoms with Crippen molar-refractivity contribution < 1.29 is 43.9 Å². The van der Waals surface area contributed by atoms with Gasteiger partial charge in [0.05, 0.1) is 5.56 Å². The molecule has 0 spiro atoms. The summed E-state index contributed by atoms with van der Waals surface area (Å²) in [6, 6.07) is 0.0345. The van der Waals surface area contributed by atoms with Crippen LogP contribution in [0, 0.1) is 5.82 Å². The first-order chi connectivity index (χ1) is 13.5. The number of halogens is 7. The molecule has 1 atom stereocenters. The van der Waals surface area contributed by atoms with Crippen LogP contribution in [0.1, 0.15) is 23.0 Å². The number of sulfonamides is 1. The Morgan fingerprint density at radius 1 is 1.10 bits per heavy atom. The number of anilines is 1. The number of hydrogen-bond acceptors (Lipinski definition) is 3. The Kier molecular flexibility index (Phi) is 6.24. The van der Waals surface area contributed by atoms with Crippen molar-refractivity contribution in [2.45, 2.75) is 30.2 Å². The van der Waals surface area contributed by atoms with Gasteiger partial charge >= 0.3 is 12.4 Å². The number of carbonyl (C=O) groups excluding carboxylic acids is 1. The Morgan fingerprint density at radius 2 is 1.70 bits per heavy atom. The molecule has 1 amide bonds. The van der Waals surface area contributed by atoms with E-state index in [0.29, 0.717) is 19.1 Å². The van der Waals surface area contributed by atoms with Gasteiger partial charge in [0, 0.05) is 18.9 Å². The molecule has 2 N–H and O–H groups in total. The summed E-state index contributed by atoms with van der Waals surface area (Å²) in [6.07, 6.45) is -9.01. The highest BCUT2D eigenvalue weighted by Gasteiger charge is 2.39. The van der Waals surface area contributed by atoms with E-state index in [-0.39, 0.29) is 5.69 Å². The molecule has 1 heterocycles. The summed E-state index contributed by atoms with van der Waals surface area (Å²) in [6.45, 7) is 0.584. The van der Waals surface area contributed by atoms with Gasteiger partial charge in [0.15, 0.2) is 0 Å². The Hall–Kier alpha value is -2.61. The third-order valence-electron chi connectivity index (χ3n) is 3.88. The highest BCUT2D eigenvalue weighted by molar-refractivity contribution is 7.89. The molecule has 14 heteroatoms. The van der Waals surface area contributed by atoms with Crippen molar-refractivity contribution in [1.82, 2.24) is 9.29 Å². The van der Waals surface area contributed by atoms with Crippen LogP contribution in [-0.2, 0) is 23.2 Å². The topological polar surface area (TPSA) is 80.2 Å². The van der Waals surface area contributed by atoms with Gasteiger partial charge in [-0.15, -0.1) is 0 Å². The molecule has 0 radical (unpaired) electrons. The predicted molar refractivity (Wildman–Crippen MR) is 90.6 cm³/mol. The molecule has 2 rings (SSSR count). The number of rotatable bonds is 5. The van der Waals surface area contributed by atoms with Crippen molar-refractivity contribution >= 4 is 21.6 Å². The number of benzene rings is 1. The Bertz CT molecular complexity index is 1060. The van der Waals surface area contributed by atoms with Gasteiger partial charge in [0.25, 0.3) is 5.91 Å².